The van der Waals surface area contributed by atoms with E-state index in [0.29, 0.717) is 25.9 Å². The Morgan fingerprint density at radius 1 is 1.32 bits per heavy atom. The number of nitrogens with zero attached hydrogens (tertiary/aromatic N) is 1. The minimum atomic E-state index is -4.62. The number of nitrogens with one attached hydrogen (secondary N) is 2. The summed E-state index contributed by atoms with van der Waals surface area (Å²) in [6.45, 7) is -1.21. The smallest absolute Gasteiger partial charge is 0.406 e. The number of urea groups is 1. The highest BCUT2D eigenvalue weighted by Gasteiger charge is 2.34. The average molecular weight is 283 g/mol. The average Bonchev–Trinajstić information content (AvgIpc) is 2.27. The van der Waals surface area contributed by atoms with Crippen LogP contribution in [0.4, 0.5) is 18.0 Å². The molecule has 0 spiro atoms. The van der Waals surface area contributed by atoms with Crippen LogP contribution < -0.4 is 10.6 Å². The van der Waals surface area contributed by atoms with Crippen molar-refractivity contribution in [3.63, 3.8) is 0 Å². The van der Waals surface area contributed by atoms with E-state index in [0.717, 1.165) is 0 Å². The Kier molecular flexibility index (Phi) is 5.40. The van der Waals surface area contributed by atoms with Crippen LogP contribution in [0, 0.1) is 0 Å². The number of alkyl halides is 3. The third-order valence-corrected chi connectivity index (χ3v) is 2.65. The van der Waals surface area contributed by atoms with Crippen molar-refractivity contribution in [3.05, 3.63) is 0 Å². The first kappa shape index (κ1) is 15.5. The van der Waals surface area contributed by atoms with Gasteiger partial charge in [-0.25, -0.2) is 4.79 Å². The van der Waals surface area contributed by atoms with E-state index in [1.165, 1.54) is 0 Å². The highest BCUT2D eigenvalue weighted by Crippen LogP contribution is 2.16. The molecule has 0 aliphatic carbocycles. The summed E-state index contributed by atoms with van der Waals surface area (Å²) in [5.74, 6) is -1.48. The van der Waals surface area contributed by atoms with Crippen molar-refractivity contribution in [1.82, 2.24) is 15.5 Å². The standard InChI is InChI=1S/C10H16F3N3O3/c11-10(12,13)6-16(5-8(17)18)9(19)15-7-1-3-14-4-2-7/h7,14H,1-6H2,(H,15,19)(H,17,18). The summed E-state index contributed by atoms with van der Waals surface area (Å²) < 4.78 is 36.8. The molecule has 0 aromatic carbocycles. The highest BCUT2D eigenvalue weighted by molar-refractivity contribution is 5.80. The summed E-state index contributed by atoms with van der Waals surface area (Å²) >= 11 is 0. The Morgan fingerprint density at radius 2 is 1.89 bits per heavy atom. The first-order valence-corrected chi connectivity index (χ1v) is 5.82. The van der Waals surface area contributed by atoms with E-state index in [9.17, 15) is 22.8 Å². The van der Waals surface area contributed by atoms with Crippen molar-refractivity contribution in [2.24, 2.45) is 0 Å². The molecule has 0 aromatic heterocycles. The van der Waals surface area contributed by atoms with Crippen LogP contribution in [0.2, 0.25) is 0 Å². The van der Waals surface area contributed by atoms with Gasteiger partial charge < -0.3 is 20.6 Å². The SMILES string of the molecule is O=C(O)CN(CC(F)(F)F)C(=O)NC1CCNCC1. The van der Waals surface area contributed by atoms with Crippen LogP contribution in [0.25, 0.3) is 0 Å². The Balaban J connectivity index is 2.56. The predicted molar refractivity (Wildman–Crippen MR) is 59.7 cm³/mol. The number of carboxylic acids is 1. The van der Waals surface area contributed by atoms with Crippen molar-refractivity contribution >= 4 is 12.0 Å². The molecule has 2 amide bonds. The van der Waals surface area contributed by atoms with E-state index in [2.05, 4.69) is 10.6 Å². The Hall–Kier alpha value is -1.51. The van der Waals surface area contributed by atoms with Gasteiger partial charge in [0.1, 0.15) is 13.1 Å². The van der Waals surface area contributed by atoms with Crippen LogP contribution in [-0.4, -0.2) is 60.4 Å². The number of carbonyl (C=O) groups excluding carboxylic acids is 1. The number of carboxylic acid groups (broad SMARTS) is 1. The molecule has 0 unspecified atom stereocenters. The van der Waals surface area contributed by atoms with Crippen LogP contribution in [0.3, 0.4) is 0 Å². The second kappa shape index (κ2) is 6.60. The molecule has 0 aromatic rings. The zero-order valence-electron chi connectivity index (χ0n) is 10.2. The fraction of sp³-hybridized carbons (Fsp3) is 0.800. The topological polar surface area (TPSA) is 81.7 Å². The van der Waals surface area contributed by atoms with Gasteiger partial charge in [-0.15, -0.1) is 0 Å². The Labute approximate surface area is 107 Å². The number of aliphatic carboxylic acids is 1. The maximum Gasteiger partial charge on any atom is 0.406 e. The Morgan fingerprint density at radius 3 is 2.37 bits per heavy atom. The van der Waals surface area contributed by atoms with E-state index < -0.39 is 31.3 Å². The minimum absolute atomic E-state index is 0.224. The second-order valence-corrected chi connectivity index (χ2v) is 4.34. The number of hydrogen-bond acceptors (Lipinski definition) is 3. The molecule has 0 radical (unpaired) electrons. The molecule has 1 heterocycles. The largest absolute Gasteiger partial charge is 0.480 e. The lowest BCUT2D eigenvalue weighted by Gasteiger charge is -2.28. The van der Waals surface area contributed by atoms with Crippen molar-refractivity contribution in [3.8, 4) is 0 Å². The van der Waals surface area contributed by atoms with Gasteiger partial charge in [-0.1, -0.05) is 0 Å². The molecule has 0 atom stereocenters. The second-order valence-electron chi connectivity index (χ2n) is 4.34. The molecule has 0 saturated carbocycles. The van der Waals surface area contributed by atoms with Crippen molar-refractivity contribution in [1.29, 1.82) is 0 Å². The van der Waals surface area contributed by atoms with Crippen LogP contribution >= 0.6 is 0 Å². The zero-order chi connectivity index (χ0) is 14.5. The van der Waals surface area contributed by atoms with Gasteiger partial charge >= 0.3 is 18.2 Å². The molecule has 1 saturated heterocycles. The molecule has 1 rings (SSSR count). The molecule has 1 fully saturated rings. The summed E-state index contributed by atoms with van der Waals surface area (Å²) in [5.41, 5.74) is 0. The molecule has 0 bridgehead atoms. The molecule has 9 heteroatoms. The van der Waals surface area contributed by atoms with Crippen molar-refractivity contribution < 1.29 is 27.9 Å². The number of carbonyl (C=O) groups is 2. The number of amides is 2. The van der Waals surface area contributed by atoms with Crippen LogP contribution in [0.15, 0.2) is 0 Å². The summed E-state index contributed by atoms with van der Waals surface area (Å²) in [6, 6.07) is -1.22. The van der Waals surface area contributed by atoms with Gasteiger partial charge in [0, 0.05) is 6.04 Å². The van der Waals surface area contributed by atoms with E-state index in [1.54, 1.807) is 0 Å². The zero-order valence-corrected chi connectivity index (χ0v) is 10.2. The summed E-state index contributed by atoms with van der Waals surface area (Å²) in [4.78, 5) is 22.4. The lowest BCUT2D eigenvalue weighted by molar-refractivity contribution is -0.149. The molecular formula is C10H16F3N3O3. The van der Waals surface area contributed by atoms with Crippen LogP contribution in [0.1, 0.15) is 12.8 Å². The number of piperidine rings is 1. The summed E-state index contributed by atoms with van der Waals surface area (Å²) in [6.07, 6.45) is -3.40. The van der Waals surface area contributed by atoms with E-state index >= 15 is 0 Å². The molecule has 110 valence electrons. The van der Waals surface area contributed by atoms with Gasteiger partial charge in [-0.05, 0) is 25.9 Å². The Bertz CT molecular complexity index is 330. The maximum atomic E-state index is 12.3. The lowest BCUT2D eigenvalue weighted by atomic mass is 10.1. The number of halogens is 3. The van der Waals surface area contributed by atoms with E-state index in [-0.39, 0.29) is 10.9 Å². The molecule has 19 heavy (non-hydrogen) atoms. The summed E-state index contributed by atoms with van der Waals surface area (Å²) in [5, 5.41) is 14.0. The molecule has 3 N–H and O–H groups in total. The first-order chi connectivity index (χ1) is 8.78. The molecule has 1 aliphatic rings. The highest BCUT2D eigenvalue weighted by atomic mass is 19.4. The van der Waals surface area contributed by atoms with Crippen molar-refractivity contribution in [2.75, 3.05) is 26.2 Å². The normalized spacial score (nSPS) is 17.0. The molecule has 1 aliphatic heterocycles. The number of hydrogen-bond donors (Lipinski definition) is 3. The third kappa shape index (κ3) is 6.27. The number of rotatable bonds is 4. The third-order valence-electron chi connectivity index (χ3n) is 2.65. The summed E-state index contributed by atoms with van der Waals surface area (Å²) in [7, 11) is 0. The van der Waals surface area contributed by atoms with Gasteiger partial charge in [-0.3, -0.25) is 4.79 Å². The molecular weight excluding hydrogens is 267 g/mol. The fourth-order valence-corrected chi connectivity index (χ4v) is 1.81. The maximum absolute atomic E-state index is 12.3. The van der Waals surface area contributed by atoms with Crippen LogP contribution in [-0.2, 0) is 4.79 Å². The van der Waals surface area contributed by atoms with Crippen molar-refractivity contribution in [2.45, 2.75) is 25.1 Å². The predicted octanol–water partition coefficient (Wildman–Crippen LogP) is 0.397. The minimum Gasteiger partial charge on any atom is -0.480 e. The first-order valence-electron chi connectivity index (χ1n) is 5.82. The van der Waals surface area contributed by atoms with E-state index in [4.69, 9.17) is 5.11 Å². The van der Waals surface area contributed by atoms with E-state index in [1.807, 2.05) is 0 Å². The van der Waals surface area contributed by atoms with Gasteiger partial charge in [0.05, 0.1) is 0 Å². The quantitative estimate of drug-likeness (QED) is 0.697. The van der Waals surface area contributed by atoms with Gasteiger partial charge in [0.2, 0.25) is 0 Å². The lowest BCUT2D eigenvalue weighted by Crippen LogP contribution is -2.51. The fourth-order valence-electron chi connectivity index (χ4n) is 1.81. The van der Waals surface area contributed by atoms with Gasteiger partial charge in [0.25, 0.3) is 0 Å². The van der Waals surface area contributed by atoms with Gasteiger partial charge in [0.15, 0.2) is 0 Å². The van der Waals surface area contributed by atoms with Gasteiger partial charge in [-0.2, -0.15) is 13.2 Å². The monoisotopic (exact) mass is 283 g/mol. The van der Waals surface area contributed by atoms with Crippen LogP contribution in [0.5, 0.6) is 0 Å². The molecule has 6 nitrogen and oxygen atoms in total.